The van der Waals surface area contributed by atoms with Crippen LogP contribution in [0, 0.1) is 5.92 Å². The zero-order valence-electron chi connectivity index (χ0n) is 13.9. The minimum atomic E-state index is -4.06. The quantitative estimate of drug-likeness (QED) is 0.661. The number of nitrogens with one attached hydrogen (secondary N) is 1. The van der Waals surface area contributed by atoms with Crippen LogP contribution in [0.4, 0.5) is 5.95 Å². The fourth-order valence-corrected chi connectivity index (χ4v) is 3.21. The van der Waals surface area contributed by atoms with Gasteiger partial charge in [-0.2, -0.15) is 4.98 Å². The van der Waals surface area contributed by atoms with E-state index in [0.717, 1.165) is 0 Å². The lowest BCUT2D eigenvalue weighted by molar-refractivity contribution is -0.120. The third kappa shape index (κ3) is 4.94. The van der Waals surface area contributed by atoms with Crippen LogP contribution in [0.25, 0.3) is 11.4 Å². The van der Waals surface area contributed by atoms with Crippen LogP contribution in [0.15, 0.2) is 35.5 Å². The number of sulfonamides is 1. The van der Waals surface area contributed by atoms with Crippen molar-refractivity contribution in [1.29, 1.82) is 0 Å². The Bertz CT molecular complexity index is 869. The first-order valence-corrected chi connectivity index (χ1v) is 9.04. The van der Waals surface area contributed by atoms with Gasteiger partial charge in [0.15, 0.2) is 5.82 Å². The van der Waals surface area contributed by atoms with Gasteiger partial charge in [0, 0.05) is 5.56 Å². The van der Waals surface area contributed by atoms with Crippen molar-refractivity contribution in [3.8, 4) is 11.4 Å². The summed E-state index contributed by atoms with van der Waals surface area (Å²) in [6.45, 7) is 3.79. The Labute approximate surface area is 145 Å². The molecule has 25 heavy (non-hydrogen) atoms. The number of hydrogen-bond acceptors (Lipinski definition) is 8. The molecule has 1 aromatic carbocycles. The van der Waals surface area contributed by atoms with E-state index >= 15 is 0 Å². The highest BCUT2D eigenvalue weighted by molar-refractivity contribution is 7.90. The summed E-state index contributed by atoms with van der Waals surface area (Å²) in [5.41, 5.74) is 11.7. The Balaban J connectivity index is 2.25. The Kier molecular flexibility index (Phi) is 5.65. The molecule has 0 fully saturated rings. The normalized spacial score (nSPS) is 12.8. The maximum atomic E-state index is 12.4. The average Bonchev–Trinajstić information content (AvgIpc) is 2.54. The van der Waals surface area contributed by atoms with E-state index in [-0.39, 0.29) is 22.6 Å². The number of amides is 1. The van der Waals surface area contributed by atoms with Crippen molar-refractivity contribution < 1.29 is 13.2 Å². The van der Waals surface area contributed by atoms with Crippen molar-refractivity contribution in [3.05, 3.63) is 30.6 Å². The molecule has 0 saturated heterocycles. The van der Waals surface area contributed by atoms with Gasteiger partial charge in [0.05, 0.1) is 10.9 Å². The van der Waals surface area contributed by atoms with E-state index in [4.69, 9.17) is 11.5 Å². The number of anilines is 1. The summed E-state index contributed by atoms with van der Waals surface area (Å²) < 4.78 is 26.8. The molecule has 0 saturated carbocycles. The number of carbonyl (C=O) groups is 1. The van der Waals surface area contributed by atoms with Crippen LogP contribution in [0.5, 0.6) is 0 Å². The molecule has 1 atom stereocenters. The zero-order chi connectivity index (χ0) is 18.6. The first-order valence-electron chi connectivity index (χ1n) is 7.56. The van der Waals surface area contributed by atoms with Gasteiger partial charge in [-0.3, -0.25) is 4.79 Å². The van der Waals surface area contributed by atoms with Crippen molar-refractivity contribution in [2.45, 2.75) is 31.2 Å². The maximum absolute atomic E-state index is 12.4. The topological polar surface area (TPSA) is 154 Å². The highest BCUT2D eigenvalue weighted by atomic mass is 32.2. The molecule has 10 heteroatoms. The fourth-order valence-electron chi connectivity index (χ4n) is 2.13. The van der Waals surface area contributed by atoms with Gasteiger partial charge in [0.2, 0.25) is 5.95 Å². The highest BCUT2D eigenvalue weighted by Crippen LogP contribution is 2.19. The number of nitrogens with zero attached hydrogens (tertiary/aromatic N) is 3. The molecule has 9 nitrogen and oxygen atoms in total. The third-order valence-corrected chi connectivity index (χ3v) is 4.63. The van der Waals surface area contributed by atoms with E-state index in [1.807, 2.05) is 18.6 Å². The summed E-state index contributed by atoms with van der Waals surface area (Å²) >= 11 is 0. The zero-order valence-corrected chi connectivity index (χ0v) is 14.7. The monoisotopic (exact) mass is 364 g/mol. The molecular weight excluding hydrogens is 344 g/mol. The smallest absolute Gasteiger partial charge is 0.264 e. The lowest BCUT2D eigenvalue weighted by Crippen LogP contribution is -2.43. The second kappa shape index (κ2) is 7.53. The first kappa shape index (κ1) is 18.7. The summed E-state index contributed by atoms with van der Waals surface area (Å²) in [4.78, 5) is 23.5. The maximum Gasteiger partial charge on any atom is 0.264 e. The van der Waals surface area contributed by atoms with Crippen LogP contribution in [0.2, 0.25) is 0 Å². The Hall–Kier alpha value is -2.59. The third-order valence-electron chi connectivity index (χ3n) is 3.29. The van der Waals surface area contributed by atoms with Gasteiger partial charge in [-0.1, -0.05) is 26.0 Å². The Morgan fingerprint density at radius 3 is 2.64 bits per heavy atom. The molecule has 134 valence electrons. The van der Waals surface area contributed by atoms with Crippen molar-refractivity contribution in [1.82, 2.24) is 19.7 Å². The molecule has 0 spiro atoms. The van der Waals surface area contributed by atoms with Gasteiger partial charge >= 0.3 is 0 Å². The molecule has 0 unspecified atom stereocenters. The molecule has 1 aromatic heterocycles. The fraction of sp³-hybridized carbons (Fsp3) is 0.333. The minimum Gasteiger partial charge on any atom is -0.368 e. The number of carbonyl (C=O) groups excluding carboxylic acids is 1. The van der Waals surface area contributed by atoms with E-state index in [1.54, 1.807) is 6.07 Å². The molecule has 2 rings (SSSR count). The van der Waals surface area contributed by atoms with Crippen LogP contribution in [0.3, 0.4) is 0 Å². The average molecular weight is 364 g/mol. The second-order valence-corrected chi connectivity index (χ2v) is 7.58. The van der Waals surface area contributed by atoms with Crippen LogP contribution in [0.1, 0.15) is 20.3 Å². The number of nitrogens with two attached hydrogens (primary N) is 2. The number of rotatable bonds is 6. The summed E-state index contributed by atoms with van der Waals surface area (Å²) in [6, 6.07) is 4.94. The molecule has 2 aromatic rings. The standard InChI is InChI=1S/C15H20N6O3S/c1-9(2)6-12(16)14(22)21-25(23,24)11-5-3-4-10(7-11)13-18-8-19-15(17)20-13/h3-5,7-9,12H,6,16H2,1-2H3,(H,21,22)(H2,17,18,19,20)/t12-/m0/s1. The van der Waals surface area contributed by atoms with Crippen LogP contribution in [-0.2, 0) is 14.8 Å². The lowest BCUT2D eigenvalue weighted by atomic mass is 10.0. The van der Waals surface area contributed by atoms with Crippen LogP contribution in [-0.4, -0.2) is 35.3 Å². The van der Waals surface area contributed by atoms with Crippen LogP contribution >= 0.6 is 0 Å². The second-order valence-electron chi connectivity index (χ2n) is 5.90. The minimum absolute atomic E-state index is 0.0196. The number of aromatic nitrogens is 3. The van der Waals surface area contributed by atoms with Crippen LogP contribution < -0.4 is 16.2 Å². The molecule has 0 aliphatic carbocycles. The molecule has 0 aliphatic rings. The van der Waals surface area contributed by atoms with Crippen molar-refractivity contribution in [2.24, 2.45) is 11.7 Å². The number of benzene rings is 1. The summed E-state index contributed by atoms with van der Waals surface area (Å²) in [5.74, 6) is -0.330. The molecule has 0 bridgehead atoms. The molecule has 1 heterocycles. The largest absolute Gasteiger partial charge is 0.368 e. The molecule has 1 amide bonds. The first-order chi connectivity index (χ1) is 11.7. The Morgan fingerprint density at radius 1 is 1.28 bits per heavy atom. The predicted molar refractivity (Wildman–Crippen MR) is 92.4 cm³/mol. The number of hydrogen-bond donors (Lipinski definition) is 3. The van der Waals surface area contributed by atoms with Crippen molar-refractivity contribution >= 4 is 21.9 Å². The van der Waals surface area contributed by atoms with Gasteiger partial charge in [-0.25, -0.2) is 23.1 Å². The lowest BCUT2D eigenvalue weighted by Gasteiger charge is -2.14. The Morgan fingerprint density at radius 2 is 2.00 bits per heavy atom. The molecule has 5 N–H and O–H groups in total. The van der Waals surface area contributed by atoms with E-state index in [0.29, 0.717) is 12.0 Å². The predicted octanol–water partition coefficient (Wildman–Crippen LogP) is 0.299. The van der Waals surface area contributed by atoms with Gasteiger partial charge in [0.25, 0.3) is 15.9 Å². The van der Waals surface area contributed by atoms with E-state index in [9.17, 15) is 13.2 Å². The van der Waals surface area contributed by atoms with E-state index in [2.05, 4.69) is 15.0 Å². The van der Waals surface area contributed by atoms with Gasteiger partial charge in [-0.15, -0.1) is 0 Å². The van der Waals surface area contributed by atoms with E-state index in [1.165, 1.54) is 24.5 Å². The van der Waals surface area contributed by atoms with Crippen molar-refractivity contribution in [2.75, 3.05) is 5.73 Å². The van der Waals surface area contributed by atoms with Gasteiger partial charge in [-0.05, 0) is 24.5 Å². The summed E-state index contributed by atoms with van der Waals surface area (Å²) in [5, 5.41) is 0. The van der Waals surface area contributed by atoms with Crippen molar-refractivity contribution in [3.63, 3.8) is 0 Å². The summed E-state index contributed by atoms with van der Waals surface area (Å²) in [7, 11) is -4.06. The molecular formula is C15H20N6O3S. The SMILES string of the molecule is CC(C)C[C@H](N)C(=O)NS(=O)(=O)c1cccc(-c2ncnc(N)n2)c1. The molecule has 0 radical (unpaired) electrons. The van der Waals surface area contributed by atoms with Gasteiger partial charge < -0.3 is 11.5 Å². The number of nitrogen functional groups attached to an aromatic ring is 1. The summed E-state index contributed by atoms with van der Waals surface area (Å²) in [6.07, 6.45) is 1.61. The highest BCUT2D eigenvalue weighted by Gasteiger charge is 2.23. The van der Waals surface area contributed by atoms with Gasteiger partial charge in [0.1, 0.15) is 6.33 Å². The molecule has 0 aliphatic heterocycles. The van der Waals surface area contributed by atoms with E-state index < -0.39 is 22.0 Å².